The first-order valence-electron chi connectivity index (χ1n) is 7.11. The molecule has 0 amide bonds. The summed E-state index contributed by atoms with van der Waals surface area (Å²) in [5, 5.41) is 15.2. The van der Waals surface area contributed by atoms with Gasteiger partial charge in [0.2, 0.25) is 5.88 Å². The van der Waals surface area contributed by atoms with Gasteiger partial charge in [-0.05, 0) is 32.3 Å². The highest BCUT2D eigenvalue weighted by Gasteiger charge is 2.29. The largest absolute Gasteiger partial charge is 0.493 e. The highest BCUT2D eigenvalue weighted by Crippen LogP contribution is 2.40. The van der Waals surface area contributed by atoms with Crippen LogP contribution in [0.2, 0.25) is 0 Å². The zero-order valence-electron chi connectivity index (χ0n) is 13.2. The molecule has 0 saturated heterocycles. The minimum Gasteiger partial charge on any atom is -0.493 e. The Morgan fingerprint density at radius 3 is 2.35 bits per heavy atom. The van der Waals surface area contributed by atoms with Crippen molar-refractivity contribution in [1.29, 1.82) is 0 Å². The van der Waals surface area contributed by atoms with Crippen molar-refractivity contribution < 1.29 is 5.11 Å². The maximum atomic E-state index is 10.5. The molecule has 108 valence electrons. The van der Waals surface area contributed by atoms with Crippen LogP contribution < -0.4 is 0 Å². The summed E-state index contributed by atoms with van der Waals surface area (Å²) >= 11 is 0. The third kappa shape index (κ3) is 2.58. The molecular weight excluding hydrogens is 248 g/mol. The van der Waals surface area contributed by atoms with Crippen LogP contribution in [0.4, 0.5) is 0 Å². The molecule has 0 atom stereocenters. The van der Waals surface area contributed by atoms with E-state index in [4.69, 9.17) is 0 Å². The molecular formula is C17H24N2O. The van der Waals surface area contributed by atoms with E-state index in [0.717, 1.165) is 16.8 Å². The Kier molecular flexibility index (Phi) is 3.63. The van der Waals surface area contributed by atoms with Crippen LogP contribution in [0.5, 0.6) is 5.88 Å². The van der Waals surface area contributed by atoms with Gasteiger partial charge in [0, 0.05) is 11.1 Å². The van der Waals surface area contributed by atoms with Crippen molar-refractivity contribution in [2.45, 2.75) is 53.0 Å². The van der Waals surface area contributed by atoms with Gasteiger partial charge in [0.25, 0.3) is 0 Å². The zero-order chi connectivity index (χ0) is 15.1. The monoisotopic (exact) mass is 272 g/mol. The molecule has 0 aliphatic carbocycles. The Morgan fingerprint density at radius 2 is 1.85 bits per heavy atom. The molecule has 1 aromatic heterocycles. The van der Waals surface area contributed by atoms with E-state index in [0.29, 0.717) is 0 Å². The second-order valence-corrected chi connectivity index (χ2v) is 6.71. The molecule has 3 nitrogen and oxygen atoms in total. The molecule has 0 saturated carbocycles. The van der Waals surface area contributed by atoms with E-state index in [9.17, 15) is 5.11 Å². The molecule has 1 aromatic carbocycles. The second kappa shape index (κ2) is 4.97. The molecule has 20 heavy (non-hydrogen) atoms. The molecule has 2 aromatic rings. The lowest BCUT2D eigenvalue weighted by Crippen LogP contribution is -2.12. The number of hydrogen-bond acceptors (Lipinski definition) is 2. The summed E-state index contributed by atoms with van der Waals surface area (Å²) in [6, 6.07) is 8.40. The van der Waals surface area contributed by atoms with Gasteiger partial charge in [-0.2, -0.15) is 5.10 Å². The fourth-order valence-electron chi connectivity index (χ4n) is 2.47. The molecule has 0 fully saturated rings. The topological polar surface area (TPSA) is 38.0 Å². The number of rotatable bonds is 2. The van der Waals surface area contributed by atoms with Gasteiger partial charge in [-0.1, -0.05) is 44.5 Å². The van der Waals surface area contributed by atoms with Crippen molar-refractivity contribution in [2.75, 3.05) is 0 Å². The maximum absolute atomic E-state index is 10.5. The van der Waals surface area contributed by atoms with Crippen LogP contribution >= 0.6 is 0 Å². The SMILES string of the molecule is Cc1cccc(-c2nn(C(C)C)c(O)c2C(C)(C)C)c1. The Labute approximate surface area is 121 Å². The van der Waals surface area contributed by atoms with Crippen molar-refractivity contribution in [3.63, 3.8) is 0 Å². The van der Waals surface area contributed by atoms with Crippen molar-refractivity contribution in [3.05, 3.63) is 35.4 Å². The lowest BCUT2D eigenvalue weighted by molar-refractivity contribution is 0.366. The average Bonchev–Trinajstić information content (AvgIpc) is 2.66. The molecule has 1 N–H and O–H groups in total. The summed E-state index contributed by atoms with van der Waals surface area (Å²) < 4.78 is 1.71. The summed E-state index contributed by atoms with van der Waals surface area (Å²) in [7, 11) is 0. The Bertz CT molecular complexity index is 618. The van der Waals surface area contributed by atoms with Crippen molar-refractivity contribution >= 4 is 0 Å². The van der Waals surface area contributed by atoms with E-state index in [1.807, 2.05) is 19.9 Å². The molecule has 0 aliphatic rings. The number of aromatic hydroxyl groups is 1. The normalized spacial score (nSPS) is 12.2. The standard InChI is InChI=1S/C17H24N2O/c1-11(2)19-16(20)14(17(4,5)6)15(18-19)13-9-7-8-12(3)10-13/h7-11,20H,1-6H3. The van der Waals surface area contributed by atoms with E-state index in [1.165, 1.54) is 5.56 Å². The van der Waals surface area contributed by atoms with Crippen LogP contribution in [0.3, 0.4) is 0 Å². The Balaban J connectivity index is 2.72. The molecule has 2 rings (SSSR count). The molecule has 0 spiro atoms. The minimum absolute atomic E-state index is 0.134. The third-order valence-electron chi connectivity index (χ3n) is 3.42. The molecule has 0 unspecified atom stereocenters. The molecule has 0 aliphatic heterocycles. The third-order valence-corrected chi connectivity index (χ3v) is 3.42. The summed E-state index contributed by atoms with van der Waals surface area (Å²) in [6.45, 7) is 12.4. The van der Waals surface area contributed by atoms with Crippen molar-refractivity contribution in [2.24, 2.45) is 0 Å². The van der Waals surface area contributed by atoms with E-state index >= 15 is 0 Å². The van der Waals surface area contributed by atoms with Crippen molar-refractivity contribution in [1.82, 2.24) is 9.78 Å². The maximum Gasteiger partial charge on any atom is 0.213 e. The number of hydrogen-bond donors (Lipinski definition) is 1. The van der Waals surface area contributed by atoms with Gasteiger partial charge in [0.15, 0.2) is 0 Å². The number of aryl methyl sites for hydroxylation is 1. The second-order valence-electron chi connectivity index (χ2n) is 6.71. The van der Waals surface area contributed by atoms with Crippen molar-refractivity contribution in [3.8, 4) is 17.1 Å². The zero-order valence-corrected chi connectivity index (χ0v) is 13.2. The predicted molar refractivity (Wildman–Crippen MR) is 83.1 cm³/mol. The van der Waals surface area contributed by atoms with Crippen LogP contribution in [0.25, 0.3) is 11.3 Å². The van der Waals surface area contributed by atoms with E-state index in [2.05, 4.69) is 51.0 Å². The van der Waals surface area contributed by atoms with Crippen LogP contribution in [0.15, 0.2) is 24.3 Å². The summed E-state index contributed by atoms with van der Waals surface area (Å²) in [5.41, 5.74) is 3.89. The number of aromatic nitrogens is 2. The van der Waals surface area contributed by atoms with Gasteiger partial charge in [-0.25, -0.2) is 4.68 Å². The minimum atomic E-state index is -0.156. The summed E-state index contributed by atoms with van der Waals surface area (Å²) in [5.74, 6) is 0.281. The van der Waals surface area contributed by atoms with Gasteiger partial charge < -0.3 is 5.11 Å². The summed E-state index contributed by atoms with van der Waals surface area (Å²) in [6.07, 6.45) is 0. The molecule has 0 radical (unpaired) electrons. The molecule has 0 bridgehead atoms. The lowest BCUT2D eigenvalue weighted by atomic mass is 9.85. The lowest BCUT2D eigenvalue weighted by Gasteiger charge is -2.19. The Hall–Kier alpha value is -1.77. The van der Waals surface area contributed by atoms with E-state index in [-0.39, 0.29) is 17.3 Å². The Morgan fingerprint density at radius 1 is 1.20 bits per heavy atom. The van der Waals surface area contributed by atoms with Gasteiger partial charge in [-0.3, -0.25) is 0 Å². The van der Waals surface area contributed by atoms with Crippen LogP contribution in [-0.4, -0.2) is 14.9 Å². The number of nitrogens with zero attached hydrogens (tertiary/aromatic N) is 2. The first-order valence-corrected chi connectivity index (χ1v) is 7.11. The van der Waals surface area contributed by atoms with Crippen LogP contribution in [0, 0.1) is 6.92 Å². The van der Waals surface area contributed by atoms with E-state index < -0.39 is 0 Å². The highest BCUT2D eigenvalue weighted by atomic mass is 16.3. The van der Waals surface area contributed by atoms with E-state index in [1.54, 1.807) is 4.68 Å². The first kappa shape index (κ1) is 14.6. The first-order chi connectivity index (χ1) is 9.21. The van der Waals surface area contributed by atoms with Gasteiger partial charge in [0.1, 0.15) is 5.69 Å². The van der Waals surface area contributed by atoms with Crippen LogP contribution in [-0.2, 0) is 5.41 Å². The fraction of sp³-hybridized carbons (Fsp3) is 0.471. The highest BCUT2D eigenvalue weighted by molar-refractivity contribution is 5.67. The summed E-state index contributed by atoms with van der Waals surface area (Å²) in [4.78, 5) is 0. The molecule has 1 heterocycles. The smallest absolute Gasteiger partial charge is 0.213 e. The predicted octanol–water partition coefficient (Wildman–Crippen LogP) is 4.44. The molecule has 3 heteroatoms. The van der Waals surface area contributed by atoms with Crippen LogP contribution in [0.1, 0.15) is 51.8 Å². The average molecular weight is 272 g/mol. The van der Waals surface area contributed by atoms with Gasteiger partial charge in [-0.15, -0.1) is 0 Å². The fourth-order valence-corrected chi connectivity index (χ4v) is 2.47. The number of benzene rings is 1. The van der Waals surface area contributed by atoms with Gasteiger partial charge in [0.05, 0.1) is 6.04 Å². The van der Waals surface area contributed by atoms with Gasteiger partial charge >= 0.3 is 0 Å². The quantitative estimate of drug-likeness (QED) is 0.877.